The second kappa shape index (κ2) is 9.36. The first-order valence-electron chi connectivity index (χ1n) is 8.83. The standard InChI is InChI=1S/C18H27N3O4/c1-20(15-7-4-3-5-8-15)12-6-11-19-18(22)14-9-10-17(25-2)16(13-14)21(23)24/h9-10,13,15H,3-8,11-12H2,1-2H3,(H,19,22). The van der Waals surface area contributed by atoms with Gasteiger partial charge in [-0.1, -0.05) is 19.3 Å². The Morgan fingerprint density at radius 2 is 2.08 bits per heavy atom. The number of rotatable bonds is 8. The molecule has 0 heterocycles. The Morgan fingerprint density at radius 1 is 1.36 bits per heavy atom. The van der Waals surface area contributed by atoms with Crippen LogP contribution in [0.25, 0.3) is 0 Å². The molecule has 0 saturated heterocycles. The molecule has 1 N–H and O–H groups in total. The lowest BCUT2D eigenvalue weighted by molar-refractivity contribution is -0.385. The Balaban J connectivity index is 1.80. The molecule has 7 heteroatoms. The van der Waals surface area contributed by atoms with E-state index in [2.05, 4.69) is 17.3 Å². The lowest BCUT2D eigenvalue weighted by Gasteiger charge is -2.31. The molecular formula is C18H27N3O4. The number of nitro benzene ring substituents is 1. The summed E-state index contributed by atoms with van der Waals surface area (Å²) in [5.74, 6) is -0.151. The summed E-state index contributed by atoms with van der Waals surface area (Å²) < 4.78 is 4.94. The van der Waals surface area contributed by atoms with Gasteiger partial charge in [-0.25, -0.2) is 0 Å². The Bertz CT molecular complexity index is 600. The van der Waals surface area contributed by atoms with Gasteiger partial charge >= 0.3 is 5.69 Å². The molecule has 2 rings (SSSR count). The van der Waals surface area contributed by atoms with Gasteiger partial charge in [0.25, 0.3) is 5.91 Å². The molecule has 0 aliphatic heterocycles. The molecule has 1 aromatic rings. The fourth-order valence-electron chi connectivity index (χ4n) is 3.31. The van der Waals surface area contributed by atoms with E-state index in [9.17, 15) is 14.9 Å². The zero-order valence-corrected chi connectivity index (χ0v) is 15.0. The van der Waals surface area contributed by atoms with Gasteiger partial charge in [0.1, 0.15) is 0 Å². The maximum atomic E-state index is 12.2. The van der Waals surface area contributed by atoms with Gasteiger partial charge in [-0.15, -0.1) is 0 Å². The third-order valence-corrected chi connectivity index (χ3v) is 4.81. The normalized spacial score (nSPS) is 15.2. The van der Waals surface area contributed by atoms with Crippen molar-refractivity contribution in [2.45, 2.75) is 44.6 Å². The Kier molecular flexibility index (Phi) is 7.18. The van der Waals surface area contributed by atoms with Crippen LogP contribution in [0.2, 0.25) is 0 Å². The molecule has 7 nitrogen and oxygen atoms in total. The van der Waals surface area contributed by atoms with Crippen LogP contribution in [-0.4, -0.2) is 49.0 Å². The van der Waals surface area contributed by atoms with Gasteiger partial charge in [0.05, 0.1) is 12.0 Å². The molecule has 0 spiro atoms. The number of hydrogen-bond acceptors (Lipinski definition) is 5. The molecule has 0 atom stereocenters. The molecule has 1 aliphatic rings. The highest BCUT2D eigenvalue weighted by Crippen LogP contribution is 2.27. The van der Waals surface area contributed by atoms with Crippen molar-refractivity contribution in [3.8, 4) is 5.75 Å². The minimum atomic E-state index is -0.547. The molecule has 0 bridgehead atoms. The van der Waals surface area contributed by atoms with Crippen molar-refractivity contribution in [1.82, 2.24) is 10.2 Å². The predicted molar refractivity (Wildman–Crippen MR) is 96.1 cm³/mol. The zero-order valence-electron chi connectivity index (χ0n) is 15.0. The molecule has 1 aromatic carbocycles. The number of ether oxygens (including phenoxy) is 1. The molecular weight excluding hydrogens is 322 g/mol. The van der Waals surface area contributed by atoms with E-state index in [0.29, 0.717) is 12.6 Å². The summed E-state index contributed by atoms with van der Waals surface area (Å²) in [5, 5.41) is 13.9. The van der Waals surface area contributed by atoms with E-state index < -0.39 is 4.92 Å². The second-order valence-corrected chi connectivity index (χ2v) is 6.53. The number of amides is 1. The van der Waals surface area contributed by atoms with E-state index in [0.717, 1.165) is 13.0 Å². The van der Waals surface area contributed by atoms with Crippen LogP contribution in [0.15, 0.2) is 18.2 Å². The van der Waals surface area contributed by atoms with Gasteiger partial charge in [-0.2, -0.15) is 0 Å². The van der Waals surface area contributed by atoms with Gasteiger partial charge in [0, 0.05) is 24.2 Å². The Labute approximate surface area is 148 Å². The van der Waals surface area contributed by atoms with Crippen LogP contribution in [0.1, 0.15) is 48.9 Å². The van der Waals surface area contributed by atoms with Crippen molar-refractivity contribution < 1.29 is 14.5 Å². The summed E-state index contributed by atoms with van der Waals surface area (Å²) in [6.07, 6.45) is 7.34. The van der Waals surface area contributed by atoms with Crippen LogP contribution < -0.4 is 10.1 Å². The summed E-state index contributed by atoms with van der Waals surface area (Å²) >= 11 is 0. The highest BCUT2D eigenvalue weighted by atomic mass is 16.6. The average molecular weight is 349 g/mol. The first-order valence-corrected chi connectivity index (χ1v) is 8.83. The van der Waals surface area contributed by atoms with E-state index in [-0.39, 0.29) is 22.9 Å². The maximum Gasteiger partial charge on any atom is 0.311 e. The number of methoxy groups -OCH3 is 1. The third kappa shape index (κ3) is 5.42. The molecule has 138 valence electrons. The fourth-order valence-corrected chi connectivity index (χ4v) is 3.31. The highest BCUT2D eigenvalue weighted by molar-refractivity contribution is 5.95. The van der Waals surface area contributed by atoms with Crippen molar-refractivity contribution in [1.29, 1.82) is 0 Å². The average Bonchev–Trinajstić information content (AvgIpc) is 2.64. The molecule has 0 aromatic heterocycles. The van der Waals surface area contributed by atoms with Crippen LogP contribution in [0.3, 0.4) is 0 Å². The largest absolute Gasteiger partial charge is 0.490 e. The quantitative estimate of drug-likeness (QED) is 0.443. The first-order chi connectivity index (χ1) is 12.0. The molecule has 25 heavy (non-hydrogen) atoms. The number of nitrogens with zero attached hydrogens (tertiary/aromatic N) is 2. The monoisotopic (exact) mass is 349 g/mol. The fraction of sp³-hybridized carbons (Fsp3) is 0.611. The summed E-state index contributed by atoms with van der Waals surface area (Å²) in [7, 11) is 3.51. The number of benzene rings is 1. The molecule has 1 amide bonds. The smallest absolute Gasteiger partial charge is 0.311 e. The van der Waals surface area contributed by atoms with Crippen molar-refractivity contribution in [2.75, 3.05) is 27.2 Å². The maximum absolute atomic E-state index is 12.2. The summed E-state index contributed by atoms with van der Waals surface area (Å²) in [6.45, 7) is 1.49. The van der Waals surface area contributed by atoms with Crippen molar-refractivity contribution in [2.24, 2.45) is 0 Å². The van der Waals surface area contributed by atoms with Crippen molar-refractivity contribution >= 4 is 11.6 Å². The molecule has 0 radical (unpaired) electrons. The minimum Gasteiger partial charge on any atom is -0.490 e. The molecule has 1 fully saturated rings. The highest BCUT2D eigenvalue weighted by Gasteiger charge is 2.19. The van der Waals surface area contributed by atoms with Crippen LogP contribution in [0.5, 0.6) is 5.75 Å². The molecule has 1 saturated carbocycles. The lowest BCUT2D eigenvalue weighted by Crippen LogP contribution is -2.35. The van der Waals surface area contributed by atoms with Gasteiger partial charge in [-0.3, -0.25) is 14.9 Å². The Hall–Kier alpha value is -2.15. The van der Waals surface area contributed by atoms with Crippen LogP contribution in [0.4, 0.5) is 5.69 Å². The van der Waals surface area contributed by atoms with Crippen molar-refractivity contribution in [3.63, 3.8) is 0 Å². The summed E-state index contributed by atoms with van der Waals surface area (Å²) in [5.41, 5.74) is 0.0697. The van der Waals surface area contributed by atoms with Crippen LogP contribution in [0, 0.1) is 10.1 Å². The van der Waals surface area contributed by atoms with E-state index in [1.165, 1.54) is 57.4 Å². The van der Waals surface area contributed by atoms with E-state index in [1.807, 2.05) is 0 Å². The summed E-state index contributed by atoms with van der Waals surface area (Å²) in [4.78, 5) is 25.0. The molecule has 1 aliphatic carbocycles. The van der Waals surface area contributed by atoms with Crippen molar-refractivity contribution in [3.05, 3.63) is 33.9 Å². The number of nitrogens with one attached hydrogen (secondary N) is 1. The van der Waals surface area contributed by atoms with Gasteiger partial charge in [-0.05, 0) is 45.0 Å². The number of carbonyl (C=O) groups excluding carboxylic acids is 1. The Morgan fingerprint density at radius 3 is 2.72 bits per heavy atom. The SMILES string of the molecule is COc1ccc(C(=O)NCCCN(C)C2CCCCC2)cc1[N+](=O)[O-]. The van der Waals surface area contributed by atoms with E-state index in [1.54, 1.807) is 0 Å². The van der Waals surface area contributed by atoms with Gasteiger partial charge in [0.15, 0.2) is 5.75 Å². The topological polar surface area (TPSA) is 84.7 Å². The minimum absolute atomic E-state index is 0.149. The third-order valence-electron chi connectivity index (χ3n) is 4.81. The zero-order chi connectivity index (χ0) is 18.2. The first kappa shape index (κ1) is 19.2. The number of carbonyl (C=O) groups is 1. The second-order valence-electron chi connectivity index (χ2n) is 6.53. The molecule has 0 unspecified atom stereocenters. The van der Waals surface area contributed by atoms with E-state index >= 15 is 0 Å². The predicted octanol–water partition coefficient (Wildman–Crippen LogP) is 2.99. The number of hydrogen-bond donors (Lipinski definition) is 1. The van der Waals surface area contributed by atoms with Gasteiger partial charge < -0.3 is 15.0 Å². The van der Waals surface area contributed by atoms with E-state index in [4.69, 9.17) is 4.74 Å². The number of nitro groups is 1. The van der Waals surface area contributed by atoms with Gasteiger partial charge in [0.2, 0.25) is 0 Å². The van der Waals surface area contributed by atoms with Crippen LogP contribution >= 0.6 is 0 Å². The summed E-state index contributed by atoms with van der Waals surface area (Å²) in [6, 6.07) is 4.90. The lowest BCUT2D eigenvalue weighted by atomic mass is 9.94. The van der Waals surface area contributed by atoms with Crippen LogP contribution in [-0.2, 0) is 0 Å².